The van der Waals surface area contributed by atoms with Gasteiger partial charge in [-0.05, 0) is 28.8 Å². The highest BCUT2D eigenvalue weighted by Crippen LogP contribution is 2.40. The van der Waals surface area contributed by atoms with Gasteiger partial charge in [-0.25, -0.2) is 0 Å². The van der Waals surface area contributed by atoms with Crippen molar-refractivity contribution in [2.45, 2.75) is 19.8 Å². The van der Waals surface area contributed by atoms with Crippen LogP contribution in [0, 0.1) is 0 Å². The number of Topliss-reactive ketones (excluding diaryl/α,β-unsaturated/α-hetero) is 1. The highest BCUT2D eigenvalue weighted by atomic mass is 79.9. The molecule has 0 heterocycles. The summed E-state index contributed by atoms with van der Waals surface area (Å²) >= 11 is 3.27. The van der Waals surface area contributed by atoms with Crippen LogP contribution in [0.25, 0.3) is 0 Å². The zero-order valence-electron chi connectivity index (χ0n) is 18.7. The third kappa shape index (κ3) is 6.49. The number of hydrogen-bond donors (Lipinski definition) is 0. The molecule has 34 heavy (non-hydrogen) atoms. The van der Waals surface area contributed by atoms with Crippen molar-refractivity contribution in [2.24, 2.45) is 0 Å². The second-order valence-electron chi connectivity index (χ2n) is 7.68. The summed E-state index contributed by atoms with van der Waals surface area (Å²) < 4.78 is 18.6. The number of hydrogen-bond acceptors (Lipinski definition) is 4. The lowest BCUT2D eigenvalue weighted by Crippen LogP contribution is -2.07. The molecule has 0 N–H and O–H groups in total. The summed E-state index contributed by atoms with van der Waals surface area (Å²) in [4.78, 5) is 12.6. The fourth-order valence-electron chi connectivity index (χ4n) is 3.37. The molecular weight excluding hydrogens is 492 g/mol. The van der Waals surface area contributed by atoms with E-state index in [1.165, 1.54) is 0 Å². The van der Waals surface area contributed by atoms with Crippen molar-refractivity contribution in [3.63, 3.8) is 0 Å². The van der Waals surface area contributed by atoms with Gasteiger partial charge in [0, 0.05) is 5.56 Å². The van der Waals surface area contributed by atoms with Crippen LogP contribution in [0.4, 0.5) is 0 Å². The van der Waals surface area contributed by atoms with Crippen LogP contribution in [0.15, 0.2) is 103 Å². The molecule has 0 fully saturated rings. The van der Waals surface area contributed by atoms with Crippen LogP contribution in [-0.4, -0.2) is 11.1 Å². The number of alkyl halides is 1. The zero-order valence-corrected chi connectivity index (χ0v) is 20.2. The van der Waals surface area contributed by atoms with Gasteiger partial charge in [0.15, 0.2) is 17.3 Å². The van der Waals surface area contributed by atoms with E-state index in [0.717, 1.165) is 16.7 Å². The van der Waals surface area contributed by atoms with Gasteiger partial charge in [-0.15, -0.1) is 0 Å². The molecule has 0 saturated carbocycles. The van der Waals surface area contributed by atoms with Gasteiger partial charge in [-0.1, -0.05) is 107 Å². The third-order valence-corrected chi connectivity index (χ3v) is 5.67. The monoisotopic (exact) mass is 516 g/mol. The van der Waals surface area contributed by atoms with Gasteiger partial charge in [0.25, 0.3) is 0 Å². The van der Waals surface area contributed by atoms with Crippen LogP contribution in [0.3, 0.4) is 0 Å². The van der Waals surface area contributed by atoms with E-state index in [1.807, 2.05) is 91.0 Å². The van der Waals surface area contributed by atoms with E-state index in [9.17, 15) is 4.79 Å². The van der Waals surface area contributed by atoms with E-state index in [4.69, 9.17) is 14.2 Å². The number of carbonyl (C=O) groups excluding carboxylic acids is 1. The molecule has 0 radical (unpaired) electrons. The Bertz CT molecular complexity index is 1130. The van der Waals surface area contributed by atoms with Gasteiger partial charge in [0.1, 0.15) is 19.8 Å². The maximum atomic E-state index is 12.6. The van der Waals surface area contributed by atoms with Crippen molar-refractivity contribution in [3.05, 3.63) is 125 Å². The number of ketones is 1. The molecule has 0 amide bonds. The molecule has 0 spiro atoms. The average molecular weight is 517 g/mol. The first-order valence-electron chi connectivity index (χ1n) is 11.0. The molecule has 0 aliphatic carbocycles. The van der Waals surface area contributed by atoms with Crippen LogP contribution in [0.1, 0.15) is 27.0 Å². The van der Waals surface area contributed by atoms with E-state index < -0.39 is 0 Å². The van der Waals surface area contributed by atoms with Crippen LogP contribution in [0.5, 0.6) is 17.2 Å². The molecule has 0 bridgehead atoms. The first-order chi connectivity index (χ1) is 16.7. The molecule has 4 aromatic carbocycles. The smallest absolute Gasteiger partial charge is 0.203 e. The van der Waals surface area contributed by atoms with E-state index in [2.05, 4.69) is 15.9 Å². The Morgan fingerprint density at radius 2 is 0.971 bits per heavy atom. The minimum atomic E-state index is -0.0660. The summed E-state index contributed by atoms with van der Waals surface area (Å²) in [5, 5.41) is 0.202. The van der Waals surface area contributed by atoms with Crippen molar-refractivity contribution in [1.29, 1.82) is 0 Å². The summed E-state index contributed by atoms with van der Waals surface area (Å²) in [5.74, 6) is 1.34. The normalized spacial score (nSPS) is 10.5. The first kappa shape index (κ1) is 23.6. The molecule has 5 heteroatoms. The molecule has 4 rings (SSSR count). The third-order valence-electron chi connectivity index (χ3n) is 5.16. The topological polar surface area (TPSA) is 44.8 Å². The Hall–Kier alpha value is -3.57. The van der Waals surface area contributed by atoms with Crippen molar-refractivity contribution < 1.29 is 19.0 Å². The predicted molar refractivity (Wildman–Crippen MR) is 137 cm³/mol. The Morgan fingerprint density at radius 3 is 1.35 bits per heavy atom. The van der Waals surface area contributed by atoms with E-state index in [0.29, 0.717) is 42.6 Å². The molecule has 0 atom stereocenters. The lowest BCUT2D eigenvalue weighted by Gasteiger charge is -2.19. The number of rotatable bonds is 11. The van der Waals surface area contributed by atoms with Gasteiger partial charge >= 0.3 is 0 Å². The summed E-state index contributed by atoms with van der Waals surface area (Å²) in [6, 6.07) is 33.1. The van der Waals surface area contributed by atoms with E-state index >= 15 is 0 Å². The first-order valence-corrected chi connectivity index (χ1v) is 12.1. The van der Waals surface area contributed by atoms with Crippen molar-refractivity contribution in [1.82, 2.24) is 0 Å². The molecule has 172 valence electrons. The van der Waals surface area contributed by atoms with Crippen LogP contribution < -0.4 is 14.2 Å². The number of ether oxygens (including phenoxy) is 3. The molecule has 0 aromatic heterocycles. The number of carbonyl (C=O) groups is 1. The van der Waals surface area contributed by atoms with E-state index in [1.54, 1.807) is 12.1 Å². The number of halogens is 1. The Balaban J connectivity index is 1.67. The fourth-order valence-corrected chi connectivity index (χ4v) is 3.70. The summed E-state index contributed by atoms with van der Waals surface area (Å²) in [6.07, 6.45) is 0. The van der Waals surface area contributed by atoms with Gasteiger partial charge < -0.3 is 14.2 Å². The SMILES string of the molecule is O=C(CBr)c1cc(OCc2ccccc2)c(OCc2ccccc2)c(OCc2ccccc2)c1. The summed E-state index contributed by atoms with van der Waals surface area (Å²) in [7, 11) is 0. The van der Waals surface area contributed by atoms with Crippen molar-refractivity contribution >= 4 is 21.7 Å². The van der Waals surface area contributed by atoms with Gasteiger partial charge in [-0.3, -0.25) is 4.79 Å². The quantitative estimate of drug-likeness (QED) is 0.159. The molecule has 4 nitrogen and oxygen atoms in total. The summed E-state index contributed by atoms with van der Waals surface area (Å²) in [5.41, 5.74) is 3.54. The van der Waals surface area contributed by atoms with Gasteiger partial charge in [-0.2, -0.15) is 0 Å². The Morgan fingerprint density at radius 1 is 0.588 bits per heavy atom. The fraction of sp³-hybridized carbons (Fsp3) is 0.138. The van der Waals surface area contributed by atoms with Crippen LogP contribution >= 0.6 is 15.9 Å². The highest BCUT2D eigenvalue weighted by molar-refractivity contribution is 9.09. The molecule has 0 aliphatic rings. The Kier molecular flexibility index (Phi) is 8.36. The summed E-state index contributed by atoms with van der Waals surface area (Å²) in [6.45, 7) is 1.02. The van der Waals surface area contributed by atoms with Gasteiger partial charge in [0.05, 0.1) is 5.33 Å². The maximum Gasteiger partial charge on any atom is 0.203 e. The minimum absolute atomic E-state index is 0.0660. The lowest BCUT2D eigenvalue weighted by molar-refractivity contribution is 0.102. The predicted octanol–water partition coefficient (Wildman–Crippen LogP) is 7.00. The molecule has 0 saturated heterocycles. The maximum absolute atomic E-state index is 12.6. The van der Waals surface area contributed by atoms with Gasteiger partial charge in [0.2, 0.25) is 5.75 Å². The minimum Gasteiger partial charge on any atom is -0.485 e. The highest BCUT2D eigenvalue weighted by Gasteiger charge is 2.19. The molecular formula is C29H25BrO4. The van der Waals surface area contributed by atoms with Crippen LogP contribution in [0.2, 0.25) is 0 Å². The largest absolute Gasteiger partial charge is 0.485 e. The molecule has 4 aromatic rings. The second kappa shape index (κ2) is 12.1. The van der Waals surface area contributed by atoms with E-state index in [-0.39, 0.29) is 11.1 Å². The average Bonchev–Trinajstić information content (AvgIpc) is 2.91. The Labute approximate surface area is 208 Å². The molecule has 0 aliphatic heterocycles. The number of benzene rings is 4. The van der Waals surface area contributed by atoms with Crippen molar-refractivity contribution in [2.75, 3.05) is 5.33 Å². The standard InChI is InChI=1S/C29H25BrO4/c30-18-26(31)25-16-27(32-19-22-10-4-1-5-11-22)29(34-21-24-14-8-3-9-15-24)28(17-25)33-20-23-12-6-2-7-13-23/h1-17H,18-21H2. The second-order valence-corrected chi connectivity index (χ2v) is 8.24. The molecule has 0 unspecified atom stereocenters. The lowest BCUT2D eigenvalue weighted by atomic mass is 10.1. The zero-order chi connectivity index (χ0) is 23.6. The van der Waals surface area contributed by atoms with Crippen molar-refractivity contribution in [3.8, 4) is 17.2 Å². The van der Waals surface area contributed by atoms with Crippen LogP contribution in [-0.2, 0) is 19.8 Å².